The molecule has 2 aliphatic heterocycles. The minimum atomic E-state index is -0.618. The highest BCUT2D eigenvalue weighted by Gasteiger charge is 2.76. The molecule has 3 aromatic heterocycles. The Morgan fingerprint density at radius 3 is 0.962 bits per heavy atom. The molecule has 0 fully saturated rings. The van der Waals surface area contributed by atoms with Crippen molar-refractivity contribution in [1.29, 1.82) is 0 Å². The summed E-state index contributed by atoms with van der Waals surface area (Å²) in [6.07, 6.45) is 0. The molecule has 0 saturated heterocycles. The fourth-order valence-electron chi connectivity index (χ4n) is 11.0. The Hall–Kier alpha value is -4.98. The van der Waals surface area contributed by atoms with Crippen LogP contribution in [0.4, 0.5) is 0 Å². The molecule has 6 aromatic rings. The molecular formula is C44H50N8. The van der Waals surface area contributed by atoms with Crippen molar-refractivity contribution in [3.8, 4) is 22.8 Å². The molecule has 3 aromatic carbocycles. The number of aromatic nitrogens is 8. The van der Waals surface area contributed by atoms with Crippen LogP contribution < -0.4 is 0 Å². The minimum Gasteiger partial charge on any atom is -0.324 e. The van der Waals surface area contributed by atoms with Gasteiger partial charge in [-0.15, -0.1) is 0 Å². The molecule has 0 radical (unpaired) electrons. The van der Waals surface area contributed by atoms with Crippen LogP contribution in [0.15, 0.2) is 72.8 Å². The predicted molar refractivity (Wildman–Crippen MR) is 213 cm³/mol. The number of fused-ring (bicyclic) bond motifs is 17. The Labute approximate surface area is 306 Å². The van der Waals surface area contributed by atoms with E-state index in [0.29, 0.717) is 22.9 Å². The summed E-state index contributed by atoms with van der Waals surface area (Å²) in [6, 6.07) is 24.8. The number of hydrogen-bond donors (Lipinski definition) is 2. The number of nitrogens with one attached hydrogen (secondary N) is 2. The average Bonchev–Trinajstić information content (AvgIpc) is 3.77. The van der Waals surface area contributed by atoms with Crippen LogP contribution in [0.1, 0.15) is 94.7 Å². The molecule has 266 valence electrons. The Kier molecular flexibility index (Phi) is 7.07. The smallest absolute Gasteiger partial charge is 0.164 e. The molecule has 52 heavy (non-hydrogen) atoms. The lowest BCUT2D eigenvalue weighted by Gasteiger charge is -2.67. The lowest BCUT2D eigenvalue weighted by atomic mass is 9.33. The number of aromatic amines is 2. The molecule has 8 rings (SSSR count). The van der Waals surface area contributed by atoms with Gasteiger partial charge < -0.3 is 9.97 Å². The van der Waals surface area contributed by atoms with Gasteiger partial charge in [0.15, 0.2) is 11.6 Å². The minimum absolute atomic E-state index is 0.323. The molecule has 8 heteroatoms. The van der Waals surface area contributed by atoms with Gasteiger partial charge in [0.05, 0.1) is 10.8 Å². The van der Waals surface area contributed by atoms with E-state index < -0.39 is 10.8 Å². The van der Waals surface area contributed by atoms with E-state index >= 15 is 0 Å². The zero-order chi connectivity index (χ0) is 37.2. The van der Waals surface area contributed by atoms with E-state index in [-0.39, 0.29) is 21.7 Å². The summed E-state index contributed by atoms with van der Waals surface area (Å²) in [6.45, 7) is 28.3. The maximum Gasteiger partial charge on any atom is 0.164 e. The second kappa shape index (κ2) is 10.8. The number of rotatable bonds is 0. The normalized spacial score (nSPS) is 16.0. The standard InChI is InChI=1S/C44H50N8/c1-39(2,3)43(40(4,5)6)37-50-35-29-23-17-15-21-27(29)33(48-35)46-31-25-19-13-14-20-26(25)32(45-31)47-34-28-22-16-18-24-30(28)36(49-34)51-38(52-37)44(43,41(7,8)9)42(10,11)12/h13-24H,1-12H3,(H2,45,46,47,48,49,50,51,52). The van der Waals surface area contributed by atoms with Gasteiger partial charge in [0.25, 0.3) is 0 Å². The lowest BCUT2D eigenvalue weighted by Crippen LogP contribution is -2.70. The summed E-state index contributed by atoms with van der Waals surface area (Å²) in [5.74, 6) is 2.77. The van der Waals surface area contributed by atoms with Crippen LogP contribution in [-0.2, 0) is 10.8 Å². The quantitative estimate of drug-likeness (QED) is 0.164. The van der Waals surface area contributed by atoms with E-state index in [1.165, 1.54) is 0 Å². The molecule has 0 saturated carbocycles. The Balaban J connectivity index is 1.70. The van der Waals surface area contributed by atoms with Crippen molar-refractivity contribution in [3.05, 3.63) is 84.4 Å². The summed E-state index contributed by atoms with van der Waals surface area (Å²) in [5.41, 5.74) is 2.19. The fourth-order valence-corrected chi connectivity index (χ4v) is 11.0. The van der Waals surface area contributed by atoms with E-state index in [1.54, 1.807) is 0 Å². The highest BCUT2D eigenvalue weighted by atomic mass is 15.1. The number of hydrogen-bond acceptors (Lipinski definition) is 6. The van der Waals surface area contributed by atoms with E-state index in [0.717, 1.165) is 55.6 Å². The monoisotopic (exact) mass is 690 g/mol. The molecule has 5 heterocycles. The predicted octanol–water partition coefficient (Wildman–Crippen LogP) is 10.9. The number of nitrogens with zero attached hydrogens (tertiary/aromatic N) is 6. The van der Waals surface area contributed by atoms with Crippen LogP contribution in [0, 0.1) is 21.7 Å². The zero-order valence-electron chi connectivity index (χ0n) is 32.6. The Morgan fingerprint density at radius 2 is 0.654 bits per heavy atom. The van der Waals surface area contributed by atoms with Gasteiger partial charge in [-0.3, -0.25) is 0 Å². The molecule has 2 N–H and O–H groups in total. The maximum atomic E-state index is 5.71. The SMILES string of the molecule is CC(C)(C)C1(C(C)(C)C)c2nc(nc3[nH]c(nc4nc(nc5[nH]c(n2)c2ccccc52)-c2ccccc2-4)c2ccccc32)C1(C(C)(C)C)C(C)(C)C. The van der Waals surface area contributed by atoms with Crippen molar-refractivity contribution in [2.24, 2.45) is 21.7 Å². The highest BCUT2D eigenvalue weighted by molar-refractivity contribution is 6.05. The average molecular weight is 691 g/mol. The first-order valence-corrected chi connectivity index (χ1v) is 18.4. The molecule has 0 amide bonds. The second-order valence-electron chi connectivity index (χ2n) is 18.7. The Bertz CT molecular complexity index is 2380. The van der Waals surface area contributed by atoms with Crippen molar-refractivity contribution in [1.82, 2.24) is 39.9 Å². The summed E-state index contributed by atoms with van der Waals surface area (Å²) >= 11 is 0. The van der Waals surface area contributed by atoms with Crippen molar-refractivity contribution >= 4 is 44.1 Å². The first-order chi connectivity index (χ1) is 24.3. The third kappa shape index (κ3) is 4.39. The third-order valence-corrected chi connectivity index (χ3v) is 11.8. The van der Waals surface area contributed by atoms with Gasteiger partial charge in [-0.05, 0) is 21.7 Å². The second-order valence-corrected chi connectivity index (χ2v) is 18.7. The number of H-pyrrole nitrogens is 2. The summed E-state index contributed by atoms with van der Waals surface area (Å²) < 4.78 is 0. The van der Waals surface area contributed by atoms with Crippen LogP contribution in [0.25, 0.3) is 66.9 Å². The molecule has 8 bridgehead atoms. The van der Waals surface area contributed by atoms with Crippen LogP contribution in [-0.4, -0.2) is 39.9 Å². The molecule has 0 unspecified atom stereocenters. The molecule has 0 spiro atoms. The molecule has 8 nitrogen and oxygen atoms in total. The first kappa shape index (κ1) is 34.1. The topological polar surface area (TPSA) is 109 Å². The highest BCUT2D eigenvalue weighted by Crippen LogP contribution is 2.73. The van der Waals surface area contributed by atoms with Crippen molar-refractivity contribution < 1.29 is 0 Å². The van der Waals surface area contributed by atoms with Crippen LogP contribution in [0.3, 0.4) is 0 Å². The van der Waals surface area contributed by atoms with Crippen LogP contribution >= 0.6 is 0 Å². The molecule has 2 aliphatic rings. The summed E-state index contributed by atoms with van der Waals surface area (Å²) in [5, 5.41) is 3.90. The molecule has 0 aliphatic carbocycles. The first-order valence-electron chi connectivity index (χ1n) is 18.4. The third-order valence-electron chi connectivity index (χ3n) is 11.8. The largest absolute Gasteiger partial charge is 0.324 e. The number of benzene rings is 3. The fraction of sp³-hybridized carbons (Fsp3) is 0.409. The van der Waals surface area contributed by atoms with E-state index in [1.807, 2.05) is 24.3 Å². The van der Waals surface area contributed by atoms with Crippen LogP contribution in [0.5, 0.6) is 0 Å². The van der Waals surface area contributed by atoms with Gasteiger partial charge in [0, 0.05) is 32.7 Å². The summed E-state index contributed by atoms with van der Waals surface area (Å²) in [4.78, 5) is 39.9. The summed E-state index contributed by atoms with van der Waals surface area (Å²) in [7, 11) is 0. The van der Waals surface area contributed by atoms with E-state index in [9.17, 15) is 0 Å². The van der Waals surface area contributed by atoms with Gasteiger partial charge in [-0.2, -0.15) is 0 Å². The zero-order valence-corrected chi connectivity index (χ0v) is 32.6. The van der Waals surface area contributed by atoms with Gasteiger partial charge in [-0.1, -0.05) is 156 Å². The molecular weight excluding hydrogens is 641 g/mol. The van der Waals surface area contributed by atoms with Gasteiger partial charge in [0.1, 0.15) is 34.2 Å². The van der Waals surface area contributed by atoms with Gasteiger partial charge in [-0.25, -0.2) is 29.9 Å². The van der Waals surface area contributed by atoms with Gasteiger partial charge in [0.2, 0.25) is 0 Å². The van der Waals surface area contributed by atoms with Gasteiger partial charge >= 0.3 is 0 Å². The van der Waals surface area contributed by atoms with Crippen LogP contribution in [0.2, 0.25) is 0 Å². The lowest BCUT2D eigenvalue weighted by molar-refractivity contribution is -0.128. The van der Waals surface area contributed by atoms with E-state index in [2.05, 4.69) is 142 Å². The van der Waals surface area contributed by atoms with Crippen molar-refractivity contribution in [3.63, 3.8) is 0 Å². The van der Waals surface area contributed by atoms with E-state index in [4.69, 9.17) is 29.9 Å². The van der Waals surface area contributed by atoms with Crippen molar-refractivity contribution in [2.45, 2.75) is 93.9 Å². The Morgan fingerprint density at radius 1 is 0.365 bits per heavy atom. The maximum absolute atomic E-state index is 5.71. The van der Waals surface area contributed by atoms with Crippen molar-refractivity contribution in [2.75, 3.05) is 0 Å². The molecule has 0 atom stereocenters.